The second kappa shape index (κ2) is 8.24. The number of fused-ring (bicyclic) bond motifs is 2. The Labute approximate surface area is 172 Å². The Morgan fingerprint density at radius 1 is 1.24 bits per heavy atom. The van der Waals surface area contributed by atoms with Gasteiger partial charge in [0, 0.05) is 6.42 Å². The first-order valence-electron chi connectivity index (χ1n) is 9.64. The Morgan fingerprint density at radius 2 is 2.03 bits per heavy atom. The molecular formula is C21H23N3O4S. The van der Waals surface area contributed by atoms with Gasteiger partial charge in [-0.2, -0.15) is 0 Å². The predicted octanol–water partition coefficient (Wildman–Crippen LogP) is 3.13. The second-order valence-corrected chi connectivity index (χ2v) is 8.26. The van der Waals surface area contributed by atoms with E-state index in [2.05, 4.69) is 10.3 Å². The second-order valence-electron chi connectivity index (χ2n) is 7.36. The van der Waals surface area contributed by atoms with Crippen molar-refractivity contribution in [3.05, 3.63) is 51.9 Å². The molecule has 0 saturated heterocycles. The molecule has 8 heteroatoms. The zero-order chi connectivity index (χ0) is 20.4. The highest BCUT2D eigenvalue weighted by Gasteiger charge is 2.21. The Bertz CT molecular complexity index is 1090. The van der Waals surface area contributed by atoms with E-state index in [0.29, 0.717) is 29.2 Å². The van der Waals surface area contributed by atoms with Crippen LogP contribution in [0.2, 0.25) is 0 Å². The number of carbonyl (C=O) groups is 1. The average Bonchev–Trinajstić information content (AvgIpc) is 3.06. The maximum absolute atomic E-state index is 12.7. The molecule has 0 saturated carbocycles. The highest BCUT2D eigenvalue weighted by atomic mass is 32.1. The molecule has 1 atom stereocenters. The van der Waals surface area contributed by atoms with E-state index in [-0.39, 0.29) is 30.0 Å². The first kappa shape index (κ1) is 19.4. The minimum Gasteiger partial charge on any atom is -0.490 e. The predicted molar refractivity (Wildman–Crippen MR) is 112 cm³/mol. The molecule has 1 N–H and O–H groups in total. The minimum absolute atomic E-state index is 0.0780. The van der Waals surface area contributed by atoms with Gasteiger partial charge in [0.15, 0.2) is 11.5 Å². The monoisotopic (exact) mass is 413 g/mol. The molecule has 1 aliphatic heterocycles. The molecule has 3 aromatic rings. The number of carbonyl (C=O) groups excluding carboxylic acids is 1. The van der Waals surface area contributed by atoms with Crippen LogP contribution in [0.5, 0.6) is 11.5 Å². The Morgan fingerprint density at radius 3 is 2.83 bits per heavy atom. The molecule has 152 valence electrons. The molecule has 3 heterocycles. The lowest BCUT2D eigenvalue weighted by Gasteiger charge is -2.24. The van der Waals surface area contributed by atoms with Crippen LogP contribution < -0.4 is 20.3 Å². The first-order chi connectivity index (χ1) is 14.0. The van der Waals surface area contributed by atoms with Gasteiger partial charge in [0.25, 0.3) is 5.56 Å². The van der Waals surface area contributed by atoms with Crippen molar-refractivity contribution in [3.63, 3.8) is 0 Å². The average molecular weight is 413 g/mol. The van der Waals surface area contributed by atoms with Crippen molar-refractivity contribution in [3.8, 4) is 11.5 Å². The molecule has 2 aromatic heterocycles. The Kier molecular flexibility index (Phi) is 5.53. The minimum atomic E-state index is -0.241. The summed E-state index contributed by atoms with van der Waals surface area (Å²) < 4.78 is 12.8. The van der Waals surface area contributed by atoms with Crippen LogP contribution in [0, 0.1) is 5.92 Å². The van der Waals surface area contributed by atoms with E-state index in [1.54, 1.807) is 6.07 Å². The molecule has 0 spiro atoms. The maximum atomic E-state index is 12.7. The summed E-state index contributed by atoms with van der Waals surface area (Å²) in [6.45, 7) is 5.24. The third kappa shape index (κ3) is 4.12. The van der Waals surface area contributed by atoms with Gasteiger partial charge in [0.1, 0.15) is 11.4 Å². The smallest absolute Gasteiger partial charge is 0.262 e. The molecule has 0 radical (unpaired) electrons. The van der Waals surface area contributed by atoms with Gasteiger partial charge in [-0.25, -0.2) is 4.98 Å². The number of ether oxygens (including phenoxy) is 2. The Hall–Kier alpha value is -2.87. The van der Waals surface area contributed by atoms with E-state index >= 15 is 0 Å². The van der Waals surface area contributed by atoms with E-state index in [1.807, 2.05) is 37.4 Å². The molecule has 1 aliphatic rings. The van der Waals surface area contributed by atoms with E-state index in [0.717, 1.165) is 17.7 Å². The van der Waals surface area contributed by atoms with Gasteiger partial charge in [-0.3, -0.25) is 14.2 Å². The highest BCUT2D eigenvalue weighted by molar-refractivity contribution is 7.16. The lowest BCUT2D eigenvalue weighted by molar-refractivity contribution is -0.122. The van der Waals surface area contributed by atoms with Crippen molar-refractivity contribution in [1.82, 2.24) is 14.9 Å². The van der Waals surface area contributed by atoms with Gasteiger partial charge in [0.05, 0.1) is 31.0 Å². The normalized spacial score (nSPS) is 14.6. The van der Waals surface area contributed by atoms with Crippen LogP contribution in [0.1, 0.15) is 31.9 Å². The molecule has 0 bridgehead atoms. The number of hydrogen-bond donors (Lipinski definition) is 1. The van der Waals surface area contributed by atoms with Gasteiger partial charge in [0.2, 0.25) is 5.91 Å². The lowest BCUT2D eigenvalue weighted by atomic mass is 9.95. The summed E-state index contributed by atoms with van der Waals surface area (Å²) in [7, 11) is 0. The maximum Gasteiger partial charge on any atom is 0.262 e. The van der Waals surface area contributed by atoms with Crippen molar-refractivity contribution in [2.24, 2.45) is 5.92 Å². The zero-order valence-corrected chi connectivity index (χ0v) is 17.2. The summed E-state index contributed by atoms with van der Waals surface area (Å²) in [6, 6.07) is 7.28. The summed E-state index contributed by atoms with van der Waals surface area (Å²) in [5, 5.41) is 5.41. The van der Waals surface area contributed by atoms with Gasteiger partial charge >= 0.3 is 0 Å². The van der Waals surface area contributed by atoms with Crippen molar-refractivity contribution in [2.75, 3.05) is 13.2 Å². The fourth-order valence-corrected chi connectivity index (χ4v) is 4.11. The van der Waals surface area contributed by atoms with Crippen molar-refractivity contribution in [1.29, 1.82) is 0 Å². The summed E-state index contributed by atoms with van der Waals surface area (Å²) in [5.41, 5.74) is 0.736. The van der Waals surface area contributed by atoms with Crippen LogP contribution in [-0.4, -0.2) is 28.7 Å². The number of thiophene rings is 1. The van der Waals surface area contributed by atoms with E-state index in [1.165, 1.54) is 22.2 Å². The van der Waals surface area contributed by atoms with Crippen LogP contribution in [0.3, 0.4) is 0 Å². The zero-order valence-electron chi connectivity index (χ0n) is 16.4. The van der Waals surface area contributed by atoms with Crippen molar-refractivity contribution >= 4 is 27.5 Å². The molecule has 0 fully saturated rings. The number of hydrogen-bond acceptors (Lipinski definition) is 6. The molecule has 4 rings (SSSR count). The third-order valence-electron chi connectivity index (χ3n) is 4.88. The van der Waals surface area contributed by atoms with Crippen LogP contribution in [0.4, 0.5) is 0 Å². The molecule has 1 aromatic carbocycles. The molecule has 0 aliphatic carbocycles. The van der Waals surface area contributed by atoms with E-state index < -0.39 is 0 Å². The van der Waals surface area contributed by atoms with Crippen LogP contribution >= 0.6 is 11.3 Å². The van der Waals surface area contributed by atoms with Crippen molar-refractivity contribution < 1.29 is 14.3 Å². The molecule has 0 unspecified atom stereocenters. The SMILES string of the molecule is CC(C)[C@H](NC(=O)Cn1cnc2sccc2c1=O)c1ccc2c(c1)OCCCO2. The summed E-state index contributed by atoms with van der Waals surface area (Å²) in [6.07, 6.45) is 2.27. The molecule has 29 heavy (non-hydrogen) atoms. The topological polar surface area (TPSA) is 82.5 Å². The fraction of sp³-hybridized carbons (Fsp3) is 0.381. The number of aromatic nitrogens is 2. The summed E-state index contributed by atoms with van der Waals surface area (Å²) in [5.74, 6) is 1.33. The quantitative estimate of drug-likeness (QED) is 0.695. The van der Waals surface area contributed by atoms with Crippen LogP contribution in [-0.2, 0) is 11.3 Å². The fourth-order valence-electron chi connectivity index (χ4n) is 3.39. The number of amides is 1. The van der Waals surface area contributed by atoms with Crippen LogP contribution in [0.15, 0.2) is 40.8 Å². The number of rotatable bonds is 5. The van der Waals surface area contributed by atoms with Gasteiger partial charge in [-0.15, -0.1) is 11.3 Å². The third-order valence-corrected chi connectivity index (χ3v) is 5.70. The first-order valence-corrected chi connectivity index (χ1v) is 10.5. The summed E-state index contributed by atoms with van der Waals surface area (Å²) in [4.78, 5) is 30.2. The number of nitrogens with zero attached hydrogens (tertiary/aromatic N) is 2. The Balaban J connectivity index is 1.53. The standard InChI is InChI=1S/C21H23N3O4S/c1-13(2)19(14-4-5-16-17(10-14)28-8-3-7-27-16)23-18(25)11-24-12-22-20-15(21(24)26)6-9-29-20/h4-6,9-10,12-13,19H,3,7-8,11H2,1-2H3,(H,23,25)/t19-/m0/s1. The molecule has 7 nitrogen and oxygen atoms in total. The molecule has 1 amide bonds. The number of benzene rings is 1. The number of nitrogens with one attached hydrogen (secondary N) is 1. The highest BCUT2D eigenvalue weighted by Crippen LogP contribution is 2.34. The van der Waals surface area contributed by atoms with Crippen molar-refractivity contribution in [2.45, 2.75) is 32.9 Å². The largest absolute Gasteiger partial charge is 0.490 e. The van der Waals surface area contributed by atoms with Gasteiger partial charge < -0.3 is 14.8 Å². The van der Waals surface area contributed by atoms with Crippen LogP contribution in [0.25, 0.3) is 10.2 Å². The summed E-state index contributed by atoms with van der Waals surface area (Å²) >= 11 is 1.41. The van der Waals surface area contributed by atoms with E-state index in [4.69, 9.17) is 9.47 Å². The van der Waals surface area contributed by atoms with E-state index in [9.17, 15) is 9.59 Å². The molecular weight excluding hydrogens is 390 g/mol. The van der Waals surface area contributed by atoms with Gasteiger partial charge in [-0.1, -0.05) is 19.9 Å². The lowest BCUT2D eigenvalue weighted by Crippen LogP contribution is -2.36. The van der Waals surface area contributed by atoms with Gasteiger partial charge in [-0.05, 0) is 35.1 Å².